The molecule has 23 heavy (non-hydrogen) atoms. The maximum Gasteiger partial charge on any atom is 0.262 e. The Bertz CT molecular complexity index is 691. The molecule has 5 nitrogen and oxygen atoms in total. The highest BCUT2D eigenvalue weighted by Gasteiger charge is 2.35. The monoisotopic (exact) mass is 332 g/mol. The van der Waals surface area contributed by atoms with E-state index in [0.29, 0.717) is 23.6 Å². The number of carbonyl (C=O) groups excluding carboxylic acids is 1. The largest absolute Gasteiger partial charge is 0.496 e. The first-order valence-corrected chi connectivity index (χ1v) is 8.47. The Morgan fingerprint density at radius 1 is 1.17 bits per heavy atom. The second-order valence-corrected chi connectivity index (χ2v) is 6.49. The SMILES string of the molecule is COc1cccc(OC)c1C(=O)N1CCS[C@@H]1c1cccn1C. The van der Waals surface area contributed by atoms with Crippen LogP contribution in [-0.2, 0) is 7.05 Å². The smallest absolute Gasteiger partial charge is 0.262 e. The minimum absolute atomic E-state index is 0.0112. The normalized spacial score (nSPS) is 17.3. The maximum absolute atomic E-state index is 13.2. The lowest BCUT2D eigenvalue weighted by atomic mass is 10.1. The fraction of sp³-hybridized carbons (Fsp3) is 0.353. The van der Waals surface area contributed by atoms with Gasteiger partial charge < -0.3 is 18.9 Å². The van der Waals surface area contributed by atoms with Crippen LogP contribution in [0.5, 0.6) is 11.5 Å². The van der Waals surface area contributed by atoms with Gasteiger partial charge in [0.25, 0.3) is 5.91 Å². The summed E-state index contributed by atoms with van der Waals surface area (Å²) in [6, 6.07) is 9.46. The van der Waals surface area contributed by atoms with Gasteiger partial charge in [-0.3, -0.25) is 4.79 Å². The molecule has 0 unspecified atom stereocenters. The van der Waals surface area contributed by atoms with E-state index in [1.807, 2.05) is 30.3 Å². The number of benzene rings is 1. The van der Waals surface area contributed by atoms with E-state index in [1.54, 1.807) is 38.1 Å². The van der Waals surface area contributed by atoms with Crippen molar-refractivity contribution in [3.8, 4) is 11.5 Å². The van der Waals surface area contributed by atoms with E-state index in [-0.39, 0.29) is 11.3 Å². The van der Waals surface area contributed by atoms with Gasteiger partial charge in [-0.15, -0.1) is 11.8 Å². The topological polar surface area (TPSA) is 43.7 Å². The first kappa shape index (κ1) is 15.8. The third kappa shape index (κ3) is 2.79. The van der Waals surface area contributed by atoms with Gasteiger partial charge in [0, 0.05) is 25.5 Å². The fourth-order valence-corrected chi connectivity index (χ4v) is 4.18. The summed E-state index contributed by atoms with van der Waals surface area (Å²) in [5.41, 5.74) is 1.61. The number of nitrogens with zero attached hydrogens (tertiary/aromatic N) is 2. The molecule has 6 heteroatoms. The first-order chi connectivity index (χ1) is 11.2. The Morgan fingerprint density at radius 2 is 1.87 bits per heavy atom. The van der Waals surface area contributed by atoms with Crippen molar-refractivity contribution in [2.45, 2.75) is 5.37 Å². The number of carbonyl (C=O) groups is 1. The summed E-state index contributed by atoms with van der Waals surface area (Å²) in [7, 11) is 5.14. The summed E-state index contributed by atoms with van der Waals surface area (Å²) in [4.78, 5) is 15.1. The molecule has 0 N–H and O–H groups in total. The van der Waals surface area contributed by atoms with Crippen LogP contribution < -0.4 is 9.47 Å². The average molecular weight is 332 g/mol. The van der Waals surface area contributed by atoms with Crippen LogP contribution in [-0.4, -0.2) is 41.9 Å². The van der Waals surface area contributed by atoms with E-state index < -0.39 is 0 Å². The van der Waals surface area contributed by atoms with Gasteiger partial charge in [0.15, 0.2) is 0 Å². The zero-order chi connectivity index (χ0) is 16.4. The summed E-state index contributed by atoms with van der Waals surface area (Å²) in [6.45, 7) is 0.709. The number of thioether (sulfide) groups is 1. The van der Waals surface area contributed by atoms with Crippen LogP contribution in [0.15, 0.2) is 36.5 Å². The number of methoxy groups -OCH3 is 2. The van der Waals surface area contributed by atoms with E-state index >= 15 is 0 Å². The van der Waals surface area contributed by atoms with Crippen LogP contribution in [0.25, 0.3) is 0 Å². The van der Waals surface area contributed by atoms with Crippen molar-refractivity contribution in [3.63, 3.8) is 0 Å². The van der Waals surface area contributed by atoms with Crippen molar-refractivity contribution >= 4 is 17.7 Å². The second-order valence-electron chi connectivity index (χ2n) is 5.30. The third-order valence-electron chi connectivity index (χ3n) is 4.03. The molecule has 2 aromatic rings. The average Bonchev–Trinajstić information content (AvgIpc) is 3.21. The van der Waals surface area contributed by atoms with E-state index in [0.717, 1.165) is 11.4 Å². The molecule has 1 fully saturated rings. The number of aryl methyl sites for hydroxylation is 1. The number of rotatable bonds is 4. The fourth-order valence-electron chi connectivity index (χ4n) is 2.86. The Kier molecular flexibility index (Phi) is 4.52. The van der Waals surface area contributed by atoms with Gasteiger partial charge in [0.05, 0.1) is 19.9 Å². The minimum atomic E-state index is -0.0597. The number of ether oxygens (including phenoxy) is 2. The number of hydrogen-bond acceptors (Lipinski definition) is 4. The van der Waals surface area contributed by atoms with Crippen molar-refractivity contribution in [2.24, 2.45) is 7.05 Å². The predicted molar refractivity (Wildman–Crippen MR) is 91.2 cm³/mol. The van der Waals surface area contributed by atoms with Crippen molar-refractivity contribution in [1.82, 2.24) is 9.47 Å². The predicted octanol–water partition coefficient (Wildman–Crippen LogP) is 2.93. The molecule has 122 valence electrons. The lowest BCUT2D eigenvalue weighted by Gasteiger charge is -2.26. The lowest BCUT2D eigenvalue weighted by Crippen LogP contribution is -2.31. The van der Waals surface area contributed by atoms with Crippen molar-refractivity contribution in [2.75, 3.05) is 26.5 Å². The van der Waals surface area contributed by atoms with Crippen LogP contribution in [0.4, 0.5) is 0 Å². The molecule has 1 aliphatic rings. The van der Waals surface area contributed by atoms with E-state index in [1.165, 1.54) is 0 Å². The lowest BCUT2D eigenvalue weighted by molar-refractivity contribution is 0.0750. The summed E-state index contributed by atoms with van der Waals surface area (Å²) in [5.74, 6) is 1.93. The molecule has 1 saturated heterocycles. The Morgan fingerprint density at radius 3 is 2.43 bits per heavy atom. The molecule has 0 aliphatic carbocycles. The number of amides is 1. The van der Waals surface area contributed by atoms with Crippen molar-refractivity contribution in [3.05, 3.63) is 47.8 Å². The maximum atomic E-state index is 13.2. The quantitative estimate of drug-likeness (QED) is 0.863. The number of aromatic nitrogens is 1. The summed E-state index contributed by atoms with van der Waals surface area (Å²) < 4.78 is 12.8. The van der Waals surface area contributed by atoms with E-state index in [2.05, 4.69) is 10.6 Å². The molecule has 1 atom stereocenters. The number of hydrogen-bond donors (Lipinski definition) is 0. The van der Waals surface area contributed by atoms with Gasteiger partial charge in [-0.25, -0.2) is 0 Å². The highest BCUT2D eigenvalue weighted by atomic mass is 32.2. The molecule has 1 aromatic heterocycles. The Hall–Kier alpha value is -2.08. The van der Waals surface area contributed by atoms with Crippen molar-refractivity contribution in [1.29, 1.82) is 0 Å². The zero-order valence-electron chi connectivity index (χ0n) is 13.5. The summed E-state index contributed by atoms with van der Waals surface area (Å²) in [5, 5.41) is 0.0112. The summed E-state index contributed by atoms with van der Waals surface area (Å²) in [6.07, 6.45) is 2.00. The Labute approximate surface area is 140 Å². The molecule has 0 bridgehead atoms. The van der Waals surface area contributed by atoms with Gasteiger partial charge in [-0.1, -0.05) is 6.07 Å². The highest BCUT2D eigenvalue weighted by molar-refractivity contribution is 7.99. The van der Waals surface area contributed by atoms with Gasteiger partial charge in [-0.05, 0) is 24.3 Å². The molecule has 0 radical (unpaired) electrons. The standard InChI is InChI=1S/C17H20N2O3S/c1-18-9-5-6-12(18)17-19(10-11-23-17)16(20)15-13(21-2)7-4-8-14(15)22-3/h4-9,17H,10-11H2,1-3H3/t17-/m1/s1. The molecule has 2 heterocycles. The Balaban J connectivity index is 1.98. The van der Waals surface area contributed by atoms with Gasteiger partial charge in [0.1, 0.15) is 22.4 Å². The molecule has 1 amide bonds. The molecule has 0 spiro atoms. The van der Waals surface area contributed by atoms with Crippen LogP contribution in [0.2, 0.25) is 0 Å². The minimum Gasteiger partial charge on any atom is -0.496 e. The first-order valence-electron chi connectivity index (χ1n) is 7.42. The highest BCUT2D eigenvalue weighted by Crippen LogP contribution is 2.41. The van der Waals surface area contributed by atoms with Gasteiger partial charge in [0.2, 0.25) is 0 Å². The van der Waals surface area contributed by atoms with Gasteiger partial charge >= 0.3 is 0 Å². The van der Waals surface area contributed by atoms with Crippen LogP contribution >= 0.6 is 11.8 Å². The molecule has 0 saturated carbocycles. The van der Waals surface area contributed by atoms with Gasteiger partial charge in [-0.2, -0.15) is 0 Å². The van der Waals surface area contributed by atoms with E-state index in [4.69, 9.17) is 9.47 Å². The summed E-state index contributed by atoms with van der Waals surface area (Å²) >= 11 is 1.77. The third-order valence-corrected chi connectivity index (χ3v) is 5.26. The second kappa shape index (κ2) is 6.58. The molecule has 1 aliphatic heterocycles. The van der Waals surface area contributed by atoms with Crippen LogP contribution in [0.3, 0.4) is 0 Å². The molecule has 1 aromatic carbocycles. The van der Waals surface area contributed by atoms with Crippen molar-refractivity contribution < 1.29 is 14.3 Å². The molecule has 3 rings (SSSR count). The van der Waals surface area contributed by atoms with Crippen LogP contribution in [0, 0.1) is 0 Å². The zero-order valence-corrected chi connectivity index (χ0v) is 14.3. The van der Waals surface area contributed by atoms with Crippen LogP contribution in [0.1, 0.15) is 21.4 Å². The molecular formula is C17H20N2O3S. The molecular weight excluding hydrogens is 312 g/mol. The van der Waals surface area contributed by atoms with E-state index in [9.17, 15) is 4.79 Å².